The average Bonchev–Trinajstić information content (AvgIpc) is 3.26. The van der Waals surface area contributed by atoms with Crippen molar-refractivity contribution < 1.29 is 14.1 Å². The lowest BCUT2D eigenvalue weighted by Crippen LogP contribution is -2.35. The van der Waals surface area contributed by atoms with Crippen LogP contribution in [0.3, 0.4) is 0 Å². The van der Waals surface area contributed by atoms with Gasteiger partial charge in [-0.15, -0.1) is 0 Å². The zero-order valence-electron chi connectivity index (χ0n) is 21.6. The van der Waals surface area contributed by atoms with Crippen molar-refractivity contribution in [2.24, 2.45) is 5.92 Å². The molecular weight excluding hydrogens is 476 g/mol. The zero-order chi connectivity index (χ0) is 25.7. The van der Waals surface area contributed by atoms with E-state index in [1.807, 2.05) is 47.1 Å². The molecule has 1 aliphatic rings. The highest BCUT2D eigenvalue weighted by molar-refractivity contribution is 7.82. The molecule has 0 saturated carbocycles. The third-order valence-electron chi connectivity index (χ3n) is 6.87. The van der Waals surface area contributed by atoms with Gasteiger partial charge in [-0.1, -0.05) is 20.3 Å². The molecule has 1 unspecified atom stereocenters. The summed E-state index contributed by atoms with van der Waals surface area (Å²) >= 11 is 0. The van der Waals surface area contributed by atoms with E-state index in [4.69, 9.17) is 9.72 Å². The van der Waals surface area contributed by atoms with Gasteiger partial charge in [0.05, 0.1) is 22.6 Å². The summed E-state index contributed by atoms with van der Waals surface area (Å²) in [6, 6.07) is 5.53. The van der Waals surface area contributed by atoms with E-state index in [9.17, 15) is 14.1 Å². The molecule has 1 atom stereocenters. The van der Waals surface area contributed by atoms with Crippen LogP contribution in [0.5, 0.6) is 5.75 Å². The fourth-order valence-electron chi connectivity index (χ4n) is 4.94. The van der Waals surface area contributed by atoms with Crippen LogP contribution in [0.1, 0.15) is 58.4 Å². The van der Waals surface area contributed by atoms with Crippen molar-refractivity contribution in [3.63, 3.8) is 0 Å². The van der Waals surface area contributed by atoms with Gasteiger partial charge in [0.25, 0.3) is 5.56 Å². The van der Waals surface area contributed by atoms with Gasteiger partial charge in [0, 0.05) is 32.4 Å². The fourth-order valence-corrected chi connectivity index (χ4v) is 6.18. The Balaban J connectivity index is 1.74. The first kappa shape index (κ1) is 26.6. The molecule has 4 rings (SSSR count). The molecule has 3 heterocycles. The second-order valence-corrected chi connectivity index (χ2v) is 10.9. The number of aliphatic hydroxyl groups is 1. The summed E-state index contributed by atoms with van der Waals surface area (Å²) < 4.78 is 23.4. The van der Waals surface area contributed by atoms with Gasteiger partial charge < -0.3 is 19.4 Å². The van der Waals surface area contributed by atoms with Crippen molar-refractivity contribution in [2.75, 3.05) is 26.3 Å². The van der Waals surface area contributed by atoms with Gasteiger partial charge in [0.1, 0.15) is 28.1 Å². The van der Waals surface area contributed by atoms with Crippen molar-refractivity contribution in [1.82, 2.24) is 18.8 Å². The Morgan fingerprint density at radius 2 is 1.97 bits per heavy atom. The van der Waals surface area contributed by atoms with Gasteiger partial charge in [0.2, 0.25) is 0 Å². The average molecular weight is 515 g/mol. The summed E-state index contributed by atoms with van der Waals surface area (Å²) in [6.45, 7) is 9.06. The number of aryl methyl sites for hydroxylation is 2. The first-order valence-electron chi connectivity index (χ1n) is 13.2. The molecule has 2 N–H and O–H groups in total. The molecule has 0 amide bonds. The standard InChI is InChI=1S/C27H38N4O4S/c1-4-7-20-18-30(6-3)25-24(20)28-26(29-27(25)33)22-17-21(8-9-23(22)35-16-5-2)36(34)31-13-10-19(11-14-31)12-15-32/h8-9,17-19,32H,4-7,10-16H2,1-3H3,(H,28,29,33). The first-order chi connectivity index (χ1) is 17.5. The van der Waals surface area contributed by atoms with Crippen LogP contribution in [-0.4, -0.2) is 54.5 Å². The number of nitrogens with one attached hydrogen (secondary N) is 1. The number of aliphatic hydroxyl groups excluding tert-OH is 1. The molecule has 1 fully saturated rings. The number of aromatic amines is 1. The summed E-state index contributed by atoms with van der Waals surface area (Å²) in [5, 5.41) is 9.23. The van der Waals surface area contributed by atoms with Crippen LogP contribution in [0.25, 0.3) is 22.4 Å². The zero-order valence-corrected chi connectivity index (χ0v) is 22.4. The monoisotopic (exact) mass is 514 g/mol. The SMILES string of the molecule is CCCOc1ccc(S(=O)N2CCC(CCO)CC2)cc1-c1nc2c(CCC)cn(CC)c2c(=O)[nH]1. The third kappa shape index (κ3) is 5.58. The highest BCUT2D eigenvalue weighted by Gasteiger charge is 2.25. The predicted octanol–water partition coefficient (Wildman–Crippen LogP) is 4.27. The van der Waals surface area contributed by atoms with Crippen LogP contribution in [0.15, 0.2) is 34.1 Å². The molecule has 3 aromatic rings. The number of ether oxygens (including phenoxy) is 1. The molecule has 9 heteroatoms. The maximum atomic E-state index is 13.5. The molecule has 0 radical (unpaired) electrons. The van der Waals surface area contributed by atoms with E-state index in [1.54, 1.807) is 0 Å². The first-order valence-corrected chi connectivity index (χ1v) is 14.3. The molecule has 196 valence electrons. The lowest BCUT2D eigenvalue weighted by atomic mass is 9.95. The molecule has 36 heavy (non-hydrogen) atoms. The Hall–Kier alpha value is -2.49. The quantitative estimate of drug-likeness (QED) is 0.398. The van der Waals surface area contributed by atoms with Crippen molar-refractivity contribution in [3.05, 3.63) is 40.3 Å². The largest absolute Gasteiger partial charge is 0.493 e. The van der Waals surface area contributed by atoms with Crippen LogP contribution in [0.4, 0.5) is 0 Å². The van der Waals surface area contributed by atoms with Gasteiger partial charge in [0.15, 0.2) is 0 Å². The number of benzene rings is 1. The third-order valence-corrected chi connectivity index (χ3v) is 8.36. The Kier molecular flexibility index (Phi) is 8.98. The molecule has 1 aliphatic heterocycles. The number of rotatable bonds is 11. The van der Waals surface area contributed by atoms with Gasteiger partial charge >= 0.3 is 0 Å². The smallest absolute Gasteiger partial charge is 0.275 e. The van der Waals surface area contributed by atoms with Crippen molar-refractivity contribution in [2.45, 2.75) is 70.7 Å². The molecule has 1 saturated heterocycles. The number of hydrogen-bond donors (Lipinski definition) is 2. The molecule has 0 aliphatic carbocycles. The minimum absolute atomic E-state index is 0.182. The Morgan fingerprint density at radius 3 is 2.64 bits per heavy atom. The predicted molar refractivity (Wildman–Crippen MR) is 144 cm³/mol. The molecule has 8 nitrogen and oxygen atoms in total. The highest BCUT2D eigenvalue weighted by atomic mass is 32.2. The van der Waals surface area contributed by atoms with Gasteiger partial charge in [-0.2, -0.15) is 0 Å². The highest BCUT2D eigenvalue weighted by Crippen LogP contribution is 2.32. The lowest BCUT2D eigenvalue weighted by molar-refractivity contribution is 0.211. The molecule has 0 spiro atoms. The maximum absolute atomic E-state index is 13.5. The van der Waals surface area contributed by atoms with Crippen LogP contribution in [0.2, 0.25) is 0 Å². The lowest BCUT2D eigenvalue weighted by Gasteiger charge is -2.30. The van der Waals surface area contributed by atoms with Gasteiger partial charge in [-0.3, -0.25) is 4.79 Å². The Bertz CT molecular complexity index is 1260. The van der Waals surface area contributed by atoms with Crippen molar-refractivity contribution in [3.8, 4) is 17.1 Å². The minimum Gasteiger partial charge on any atom is -0.493 e. The van der Waals surface area contributed by atoms with E-state index >= 15 is 0 Å². The molecule has 0 bridgehead atoms. The molecular formula is C27H38N4O4S. The van der Waals surface area contributed by atoms with E-state index < -0.39 is 11.0 Å². The minimum atomic E-state index is -1.33. The van der Waals surface area contributed by atoms with E-state index in [2.05, 4.69) is 11.9 Å². The molecule has 1 aromatic carbocycles. The second kappa shape index (κ2) is 12.2. The Labute approximate surface area is 215 Å². The van der Waals surface area contributed by atoms with Crippen LogP contribution in [-0.2, 0) is 24.0 Å². The van der Waals surface area contributed by atoms with Crippen LogP contribution in [0, 0.1) is 5.92 Å². The van der Waals surface area contributed by atoms with Crippen molar-refractivity contribution in [1.29, 1.82) is 0 Å². The van der Waals surface area contributed by atoms with Crippen LogP contribution < -0.4 is 10.3 Å². The van der Waals surface area contributed by atoms with Gasteiger partial charge in [-0.05, 0) is 68.7 Å². The maximum Gasteiger partial charge on any atom is 0.275 e. The second-order valence-electron chi connectivity index (χ2n) is 9.44. The summed E-state index contributed by atoms with van der Waals surface area (Å²) in [5.41, 5.74) is 2.83. The number of fused-ring (bicyclic) bond motifs is 1. The van der Waals surface area contributed by atoms with Crippen molar-refractivity contribution >= 4 is 22.0 Å². The number of nitrogens with zero attached hydrogens (tertiary/aromatic N) is 3. The number of H-pyrrole nitrogens is 1. The topological polar surface area (TPSA) is 100 Å². The van der Waals surface area contributed by atoms with E-state index in [0.717, 1.165) is 62.7 Å². The molecule has 2 aromatic heterocycles. The summed E-state index contributed by atoms with van der Waals surface area (Å²) in [6.07, 6.45) is 7.33. The number of hydrogen-bond acceptors (Lipinski definition) is 5. The van der Waals surface area contributed by atoms with E-state index in [0.29, 0.717) is 46.6 Å². The van der Waals surface area contributed by atoms with E-state index in [1.165, 1.54) is 0 Å². The van der Waals surface area contributed by atoms with Crippen LogP contribution >= 0.6 is 0 Å². The summed E-state index contributed by atoms with van der Waals surface area (Å²) in [7, 11) is -1.33. The normalized spacial score (nSPS) is 16.0. The Morgan fingerprint density at radius 1 is 1.19 bits per heavy atom. The van der Waals surface area contributed by atoms with Gasteiger partial charge in [-0.25, -0.2) is 13.5 Å². The van der Waals surface area contributed by atoms with E-state index in [-0.39, 0.29) is 12.2 Å². The number of aromatic nitrogens is 3. The fraction of sp³-hybridized carbons (Fsp3) is 0.556. The summed E-state index contributed by atoms with van der Waals surface area (Å²) in [5.74, 6) is 1.54. The number of piperidine rings is 1. The summed E-state index contributed by atoms with van der Waals surface area (Å²) in [4.78, 5) is 21.8.